The molecule has 102 valence electrons. The molecule has 0 bridgehead atoms. The third-order valence-corrected chi connectivity index (χ3v) is 3.10. The third kappa shape index (κ3) is 2.98. The first-order valence-electron chi connectivity index (χ1n) is 5.75. The fourth-order valence-corrected chi connectivity index (χ4v) is 2.11. The monoisotopic (exact) mass is 258 g/mol. The van der Waals surface area contributed by atoms with Gasteiger partial charge in [-0.05, 0) is 6.92 Å². The molecule has 1 saturated heterocycles. The summed E-state index contributed by atoms with van der Waals surface area (Å²) in [6.07, 6.45) is -0.168. The van der Waals surface area contributed by atoms with Crippen LogP contribution in [0.15, 0.2) is 0 Å². The van der Waals surface area contributed by atoms with Gasteiger partial charge in [-0.2, -0.15) is 0 Å². The molecular formula is C11H18N2O5. The molecule has 0 aliphatic carbocycles. The van der Waals surface area contributed by atoms with Crippen LogP contribution < -0.4 is 0 Å². The van der Waals surface area contributed by atoms with Gasteiger partial charge in [0, 0.05) is 26.6 Å². The predicted molar refractivity (Wildman–Crippen MR) is 62.3 cm³/mol. The van der Waals surface area contributed by atoms with Crippen LogP contribution in [0.4, 0.5) is 4.79 Å². The molecule has 1 heterocycles. The zero-order chi connectivity index (χ0) is 13.7. The van der Waals surface area contributed by atoms with Crippen LogP contribution in [-0.2, 0) is 14.3 Å². The number of carbonyl (C=O) groups is 3. The van der Waals surface area contributed by atoms with Crippen LogP contribution in [0.1, 0.15) is 13.3 Å². The summed E-state index contributed by atoms with van der Waals surface area (Å²) >= 11 is 0. The van der Waals surface area contributed by atoms with Crippen molar-refractivity contribution in [1.82, 2.24) is 9.80 Å². The van der Waals surface area contributed by atoms with Gasteiger partial charge in [0.1, 0.15) is 12.3 Å². The number of piperazine rings is 1. The molecule has 0 radical (unpaired) electrons. The van der Waals surface area contributed by atoms with E-state index in [9.17, 15) is 14.4 Å². The smallest absolute Gasteiger partial charge is 0.408 e. The van der Waals surface area contributed by atoms with Crippen molar-refractivity contribution in [3.8, 4) is 0 Å². The maximum atomic E-state index is 12.1. The quantitative estimate of drug-likeness (QED) is 0.690. The molecule has 1 aliphatic heterocycles. The van der Waals surface area contributed by atoms with Crippen molar-refractivity contribution in [2.45, 2.75) is 25.4 Å². The molecule has 1 rings (SSSR count). The highest BCUT2D eigenvalue weighted by molar-refractivity contribution is 5.86. The van der Waals surface area contributed by atoms with Crippen molar-refractivity contribution in [3.05, 3.63) is 0 Å². The Bertz CT molecular complexity index is 333. The number of hydrogen-bond donors (Lipinski definition) is 1. The number of rotatable bonds is 5. The van der Waals surface area contributed by atoms with Gasteiger partial charge in [-0.15, -0.1) is 0 Å². The highest BCUT2D eigenvalue weighted by atomic mass is 16.5. The summed E-state index contributed by atoms with van der Waals surface area (Å²) in [5.41, 5.74) is 0. The summed E-state index contributed by atoms with van der Waals surface area (Å²) < 4.78 is 4.98. The van der Waals surface area contributed by atoms with Gasteiger partial charge in [-0.25, -0.2) is 4.79 Å². The van der Waals surface area contributed by atoms with Crippen LogP contribution in [0.3, 0.4) is 0 Å². The minimum absolute atomic E-state index is 0.194. The van der Waals surface area contributed by atoms with Crippen LogP contribution in [0.2, 0.25) is 0 Å². The van der Waals surface area contributed by atoms with E-state index in [0.717, 1.165) is 11.2 Å². The largest absolute Gasteiger partial charge is 0.465 e. The maximum absolute atomic E-state index is 12.1. The van der Waals surface area contributed by atoms with E-state index < -0.39 is 12.1 Å². The van der Waals surface area contributed by atoms with Gasteiger partial charge in [0.25, 0.3) is 0 Å². The molecule has 18 heavy (non-hydrogen) atoms. The Kier molecular flexibility index (Phi) is 5.08. The summed E-state index contributed by atoms with van der Waals surface area (Å²) in [5, 5.41) is 8.93. The van der Waals surface area contributed by atoms with Crippen molar-refractivity contribution >= 4 is 18.3 Å². The van der Waals surface area contributed by atoms with Gasteiger partial charge < -0.3 is 19.5 Å². The lowest BCUT2D eigenvalue weighted by molar-refractivity contribution is -0.144. The zero-order valence-electron chi connectivity index (χ0n) is 10.5. The molecule has 7 heteroatoms. The molecule has 2 atom stereocenters. The Morgan fingerprint density at radius 2 is 2.28 bits per heavy atom. The summed E-state index contributed by atoms with van der Waals surface area (Å²) in [5.74, 6) is -0.285. The topological polar surface area (TPSA) is 87.2 Å². The normalized spacial score (nSPS) is 21.9. The van der Waals surface area contributed by atoms with Crippen molar-refractivity contribution in [3.63, 3.8) is 0 Å². The number of methoxy groups -OCH3 is 1. The van der Waals surface area contributed by atoms with Gasteiger partial charge in [0.05, 0.1) is 12.6 Å². The number of ether oxygens (including phenoxy) is 1. The van der Waals surface area contributed by atoms with Crippen LogP contribution in [0.25, 0.3) is 0 Å². The van der Waals surface area contributed by atoms with Crippen LogP contribution in [0, 0.1) is 0 Å². The Morgan fingerprint density at radius 3 is 2.78 bits per heavy atom. The Morgan fingerprint density at radius 1 is 1.61 bits per heavy atom. The number of nitrogens with zero attached hydrogens (tertiary/aromatic N) is 2. The molecular weight excluding hydrogens is 240 g/mol. The zero-order valence-corrected chi connectivity index (χ0v) is 10.5. The number of carboxylic acid groups (broad SMARTS) is 1. The Hall–Kier alpha value is -1.63. The molecule has 2 amide bonds. The lowest BCUT2D eigenvalue weighted by atomic mass is 10.1. The first-order chi connectivity index (χ1) is 8.52. The van der Waals surface area contributed by atoms with E-state index in [4.69, 9.17) is 9.84 Å². The van der Waals surface area contributed by atoms with E-state index in [2.05, 4.69) is 0 Å². The average Bonchev–Trinajstić information content (AvgIpc) is 2.32. The fraction of sp³-hybridized carbons (Fsp3) is 0.727. The standard InChI is InChI=1S/C11H18N2O5/c1-8-10(15)13(5-4-12(8)11(16)17)9(3-6-14)7-18-2/h6,8-9H,3-5,7H2,1-2H3,(H,16,17)/t8-,9+/m1/s1. The number of carbonyl (C=O) groups excluding carboxylic acids is 2. The third-order valence-electron chi connectivity index (χ3n) is 3.10. The molecule has 0 saturated carbocycles. The first-order valence-corrected chi connectivity index (χ1v) is 5.75. The lowest BCUT2D eigenvalue weighted by Gasteiger charge is -2.41. The van der Waals surface area contributed by atoms with Gasteiger partial charge in [0.2, 0.25) is 5.91 Å². The Balaban J connectivity index is 2.77. The first kappa shape index (κ1) is 14.4. The maximum Gasteiger partial charge on any atom is 0.408 e. The Labute approximate surface area is 105 Å². The number of amides is 2. The van der Waals surface area contributed by atoms with Crippen molar-refractivity contribution in [1.29, 1.82) is 0 Å². The highest BCUT2D eigenvalue weighted by Gasteiger charge is 2.37. The van der Waals surface area contributed by atoms with Gasteiger partial charge in [-0.1, -0.05) is 0 Å². The minimum atomic E-state index is -1.10. The van der Waals surface area contributed by atoms with Crippen LogP contribution in [0.5, 0.6) is 0 Å². The number of hydrogen-bond acceptors (Lipinski definition) is 4. The second-order valence-corrected chi connectivity index (χ2v) is 4.20. The van der Waals surface area contributed by atoms with Crippen molar-refractivity contribution in [2.75, 3.05) is 26.8 Å². The predicted octanol–water partition coefficient (Wildman–Crippen LogP) is -0.199. The molecule has 0 aromatic heterocycles. The second-order valence-electron chi connectivity index (χ2n) is 4.20. The molecule has 0 spiro atoms. The van der Waals surface area contributed by atoms with E-state index in [0.29, 0.717) is 0 Å². The molecule has 0 aromatic carbocycles. The van der Waals surface area contributed by atoms with Crippen molar-refractivity contribution < 1.29 is 24.2 Å². The van der Waals surface area contributed by atoms with Gasteiger partial charge in [-0.3, -0.25) is 9.69 Å². The molecule has 1 N–H and O–H groups in total. The van der Waals surface area contributed by atoms with E-state index >= 15 is 0 Å². The molecule has 1 fully saturated rings. The highest BCUT2D eigenvalue weighted by Crippen LogP contribution is 2.15. The van der Waals surface area contributed by atoms with E-state index in [-0.39, 0.29) is 38.1 Å². The van der Waals surface area contributed by atoms with E-state index in [1.807, 2.05) is 0 Å². The summed E-state index contributed by atoms with van der Waals surface area (Å²) in [4.78, 5) is 36.2. The fourth-order valence-electron chi connectivity index (χ4n) is 2.11. The van der Waals surface area contributed by atoms with Crippen molar-refractivity contribution in [2.24, 2.45) is 0 Å². The van der Waals surface area contributed by atoms with E-state index in [1.54, 1.807) is 6.92 Å². The van der Waals surface area contributed by atoms with Gasteiger partial charge >= 0.3 is 6.09 Å². The summed E-state index contributed by atoms with van der Waals surface area (Å²) in [7, 11) is 1.50. The van der Waals surface area contributed by atoms with Crippen LogP contribution in [-0.4, -0.2) is 72.1 Å². The molecule has 0 unspecified atom stereocenters. The summed E-state index contributed by atoms with van der Waals surface area (Å²) in [6.45, 7) is 2.36. The lowest BCUT2D eigenvalue weighted by Crippen LogP contribution is -2.60. The van der Waals surface area contributed by atoms with E-state index in [1.165, 1.54) is 12.0 Å². The molecule has 7 nitrogen and oxygen atoms in total. The minimum Gasteiger partial charge on any atom is -0.465 e. The van der Waals surface area contributed by atoms with Crippen LogP contribution >= 0.6 is 0 Å². The molecule has 0 aromatic rings. The SMILES string of the molecule is COC[C@H](CC=O)N1CCN(C(=O)O)[C@H](C)C1=O. The number of aldehydes is 1. The average molecular weight is 258 g/mol. The molecule has 1 aliphatic rings. The van der Waals surface area contributed by atoms with Gasteiger partial charge in [0.15, 0.2) is 0 Å². The second kappa shape index (κ2) is 6.34. The summed E-state index contributed by atoms with van der Waals surface area (Å²) in [6, 6.07) is -1.04.